The van der Waals surface area contributed by atoms with E-state index in [0.717, 1.165) is 20.7 Å². The van der Waals surface area contributed by atoms with E-state index in [4.69, 9.17) is 17.3 Å². The summed E-state index contributed by atoms with van der Waals surface area (Å²) >= 11 is 7.63. The molecule has 1 saturated heterocycles. The van der Waals surface area contributed by atoms with Crippen LogP contribution in [0, 0.1) is 12.8 Å². The van der Waals surface area contributed by atoms with Crippen molar-refractivity contribution in [3.8, 4) is 0 Å². The number of hydrogen-bond donors (Lipinski definition) is 2. The summed E-state index contributed by atoms with van der Waals surface area (Å²) in [5.41, 5.74) is 7.02. The fraction of sp³-hybridized carbons (Fsp3) is 0.333. The molecule has 0 saturated carbocycles. The van der Waals surface area contributed by atoms with Gasteiger partial charge in [0.2, 0.25) is 11.2 Å². The van der Waals surface area contributed by atoms with Gasteiger partial charge in [-0.1, -0.05) is 12.1 Å². The van der Waals surface area contributed by atoms with Gasteiger partial charge in [0.1, 0.15) is 10.6 Å². The lowest BCUT2D eigenvalue weighted by Crippen LogP contribution is -2.41. The summed E-state index contributed by atoms with van der Waals surface area (Å²) in [7, 11) is 0. The van der Waals surface area contributed by atoms with Gasteiger partial charge >= 0.3 is 0 Å². The number of anilines is 1. The van der Waals surface area contributed by atoms with E-state index in [1.165, 1.54) is 0 Å². The van der Waals surface area contributed by atoms with Gasteiger partial charge in [-0.15, -0.1) is 11.3 Å². The van der Waals surface area contributed by atoms with E-state index in [0.29, 0.717) is 43.9 Å². The summed E-state index contributed by atoms with van der Waals surface area (Å²) in [4.78, 5) is 36.4. The molecule has 30 heavy (non-hydrogen) atoms. The molecule has 156 valence electrons. The lowest BCUT2D eigenvalue weighted by Gasteiger charge is -2.30. The number of nitrogens with zero attached hydrogens (tertiary/aromatic N) is 3. The molecule has 4 rings (SSSR count). The van der Waals surface area contributed by atoms with Crippen LogP contribution in [0.4, 0.5) is 5.82 Å². The third kappa shape index (κ3) is 4.39. The number of nitrogens with two attached hydrogens (primary N) is 1. The average Bonchev–Trinajstić information content (AvgIpc) is 3.12. The molecule has 1 aliphatic rings. The highest BCUT2D eigenvalue weighted by Crippen LogP contribution is 2.29. The number of nitrogens with one attached hydrogen (secondary N) is 1. The lowest BCUT2D eigenvalue weighted by atomic mass is 9.96. The smallest absolute Gasteiger partial charge is 0.253 e. The van der Waals surface area contributed by atoms with Crippen molar-refractivity contribution in [3.63, 3.8) is 0 Å². The van der Waals surface area contributed by atoms with Crippen molar-refractivity contribution in [2.24, 2.45) is 11.7 Å². The van der Waals surface area contributed by atoms with Crippen LogP contribution in [0.15, 0.2) is 30.3 Å². The van der Waals surface area contributed by atoms with Gasteiger partial charge in [0.25, 0.3) is 5.91 Å². The second-order valence-electron chi connectivity index (χ2n) is 7.44. The molecule has 3 N–H and O–H groups in total. The molecule has 0 atom stereocenters. The van der Waals surface area contributed by atoms with E-state index >= 15 is 0 Å². The Morgan fingerprint density at radius 2 is 1.93 bits per heavy atom. The molecule has 1 aromatic carbocycles. The van der Waals surface area contributed by atoms with Crippen LogP contribution in [0.3, 0.4) is 0 Å². The number of halogens is 1. The minimum Gasteiger partial charge on any atom is -0.369 e. The highest BCUT2D eigenvalue weighted by molar-refractivity contribution is 7.18. The van der Waals surface area contributed by atoms with Gasteiger partial charge in [-0.2, -0.15) is 0 Å². The average molecular weight is 444 g/mol. The fourth-order valence-electron chi connectivity index (χ4n) is 3.65. The van der Waals surface area contributed by atoms with Gasteiger partial charge in [0, 0.05) is 36.0 Å². The number of carbonyl (C=O) groups is 2. The molecule has 2 aromatic heterocycles. The van der Waals surface area contributed by atoms with Crippen molar-refractivity contribution in [3.05, 3.63) is 51.6 Å². The third-order valence-electron chi connectivity index (χ3n) is 5.33. The van der Waals surface area contributed by atoms with Crippen molar-refractivity contribution >= 4 is 50.8 Å². The number of fused-ring (bicyclic) bond motifs is 1. The highest BCUT2D eigenvalue weighted by Gasteiger charge is 2.26. The predicted octanol–water partition coefficient (Wildman–Crippen LogP) is 3.60. The molecule has 1 aliphatic heterocycles. The first-order chi connectivity index (χ1) is 14.4. The second kappa shape index (κ2) is 8.57. The van der Waals surface area contributed by atoms with Crippen molar-refractivity contribution in [1.29, 1.82) is 0 Å². The van der Waals surface area contributed by atoms with Crippen LogP contribution in [0.25, 0.3) is 10.2 Å². The normalized spacial score (nSPS) is 14.8. The van der Waals surface area contributed by atoms with E-state index in [2.05, 4.69) is 15.3 Å². The first-order valence-corrected chi connectivity index (χ1v) is 11.0. The molecule has 0 spiro atoms. The number of amides is 2. The van der Waals surface area contributed by atoms with Crippen LogP contribution in [0.5, 0.6) is 0 Å². The van der Waals surface area contributed by atoms with Gasteiger partial charge in [0.15, 0.2) is 0 Å². The monoisotopic (exact) mass is 443 g/mol. The molecular formula is C21H22ClN5O2S. The zero-order chi connectivity index (χ0) is 21.3. The van der Waals surface area contributed by atoms with Gasteiger partial charge in [0.05, 0.1) is 5.39 Å². The number of aryl methyl sites for hydroxylation is 1. The molecule has 9 heteroatoms. The third-order valence-corrected chi connectivity index (χ3v) is 6.45. The maximum Gasteiger partial charge on any atom is 0.253 e. The van der Waals surface area contributed by atoms with Crippen molar-refractivity contribution in [1.82, 2.24) is 14.9 Å². The second-order valence-corrected chi connectivity index (χ2v) is 9.01. The number of primary amides is 1. The topological polar surface area (TPSA) is 101 Å². The minimum atomic E-state index is -0.279. The molecule has 0 aliphatic carbocycles. The summed E-state index contributed by atoms with van der Waals surface area (Å²) in [5, 5.41) is 4.49. The molecule has 3 aromatic rings. The van der Waals surface area contributed by atoms with Crippen LogP contribution < -0.4 is 11.1 Å². The summed E-state index contributed by atoms with van der Waals surface area (Å²) in [6, 6.07) is 9.56. The van der Waals surface area contributed by atoms with Gasteiger partial charge in [-0.05, 0) is 55.1 Å². The maximum absolute atomic E-state index is 12.7. The van der Waals surface area contributed by atoms with Crippen LogP contribution in [0.2, 0.25) is 5.28 Å². The molecule has 0 radical (unpaired) electrons. The first-order valence-electron chi connectivity index (χ1n) is 9.76. The van der Waals surface area contributed by atoms with Crippen molar-refractivity contribution in [2.45, 2.75) is 26.3 Å². The number of aromatic nitrogens is 2. The molecule has 2 amide bonds. The molecular weight excluding hydrogens is 422 g/mol. The van der Waals surface area contributed by atoms with Gasteiger partial charge in [-0.3, -0.25) is 9.59 Å². The first kappa shape index (κ1) is 20.6. The zero-order valence-corrected chi connectivity index (χ0v) is 18.1. The Morgan fingerprint density at radius 3 is 2.60 bits per heavy atom. The number of piperidine rings is 1. The Hall–Kier alpha value is -2.71. The Bertz CT molecular complexity index is 1090. The highest BCUT2D eigenvalue weighted by atomic mass is 35.5. The molecule has 0 unspecified atom stereocenters. The number of benzene rings is 1. The molecule has 0 bridgehead atoms. The van der Waals surface area contributed by atoms with Crippen LogP contribution in [0.1, 0.15) is 33.6 Å². The molecule has 1 fully saturated rings. The van der Waals surface area contributed by atoms with Crippen LogP contribution in [-0.4, -0.2) is 39.8 Å². The van der Waals surface area contributed by atoms with E-state index in [-0.39, 0.29) is 23.0 Å². The van der Waals surface area contributed by atoms with Crippen molar-refractivity contribution in [2.75, 3.05) is 18.4 Å². The Morgan fingerprint density at radius 1 is 1.23 bits per heavy atom. The predicted molar refractivity (Wildman–Crippen MR) is 119 cm³/mol. The van der Waals surface area contributed by atoms with E-state index in [1.54, 1.807) is 16.2 Å². The van der Waals surface area contributed by atoms with Crippen LogP contribution in [-0.2, 0) is 11.3 Å². The number of likely N-dealkylation sites (tertiary alicyclic amines) is 1. The summed E-state index contributed by atoms with van der Waals surface area (Å²) in [6.07, 6.45) is 1.25. The number of hydrogen-bond acceptors (Lipinski definition) is 6. The summed E-state index contributed by atoms with van der Waals surface area (Å²) in [5.74, 6) is 0.275. The van der Waals surface area contributed by atoms with Crippen LogP contribution >= 0.6 is 22.9 Å². The number of carbonyl (C=O) groups excluding carboxylic acids is 2. The minimum absolute atomic E-state index is 0.0181. The SMILES string of the molecule is Cc1cc2c(NCc3ccc(C(=O)N4CCC(C(N)=O)CC4)cc3)nc(Cl)nc2s1. The fourth-order valence-corrected chi connectivity index (χ4v) is 4.75. The zero-order valence-electron chi connectivity index (χ0n) is 16.5. The summed E-state index contributed by atoms with van der Waals surface area (Å²) in [6.45, 7) is 3.69. The molecule has 3 heterocycles. The maximum atomic E-state index is 12.7. The summed E-state index contributed by atoms with van der Waals surface area (Å²) < 4.78 is 0. The Kier molecular flexibility index (Phi) is 5.87. The van der Waals surface area contributed by atoms with E-state index in [9.17, 15) is 9.59 Å². The largest absolute Gasteiger partial charge is 0.369 e. The van der Waals surface area contributed by atoms with Crippen molar-refractivity contribution < 1.29 is 9.59 Å². The van der Waals surface area contributed by atoms with Gasteiger partial charge < -0.3 is 16.0 Å². The Labute approximate surface area is 183 Å². The standard InChI is InChI=1S/C21H22ClN5O2S/c1-12-10-16-18(25-21(22)26-19(16)30-12)24-11-13-2-4-15(5-3-13)20(29)27-8-6-14(7-9-27)17(23)28/h2-5,10,14H,6-9,11H2,1H3,(H2,23,28)(H,24,25,26). The quantitative estimate of drug-likeness (QED) is 0.586. The lowest BCUT2D eigenvalue weighted by molar-refractivity contribution is -0.123. The van der Waals surface area contributed by atoms with Gasteiger partial charge in [-0.25, -0.2) is 9.97 Å². The van der Waals surface area contributed by atoms with E-state index in [1.807, 2.05) is 37.3 Å². The molecule has 7 nitrogen and oxygen atoms in total. The number of thiophene rings is 1. The number of rotatable bonds is 5. The van der Waals surface area contributed by atoms with E-state index < -0.39 is 0 Å². The Balaban J connectivity index is 1.40.